The zero-order valence-corrected chi connectivity index (χ0v) is 23.7. The van der Waals surface area contributed by atoms with E-state index in [0.29, 0.717) is 0 Å². The Kier molecular flexibility index (Phi) is 4.97. The van der Waals surface area contributed by atoms with Crippen molar-refractivity contribution in [1.29, 1.82) is 0 Å². The molecule has 2 heterocycles. The van der Waals surface area contributed by atoms with Crippen LogP contribution in [-0.4, -0.2) is 9.55 Å². The standard InChI is InChI=1S/C40H27N3/c1-24-30-16-15-25-7-2-3-11-32(25)40(30)43(38(24)17-18-41)29-19-28(22-42-23-29)31-12-6-10-27-20-36-33-13-4-8-26-9-5-14-34(39(26)33)37(36)21-35(27)31/h2-23H,41H2,1H3/b18-17-. The van der Waals surface area contributed by atoms with Gasteiger partial charge >= 0.3 is 0 Å². The minimum Gasteiger partial charge on any atom is -0.405 e. The lowest BCUT2D eigenvalue weighted by Crippen LogP contribution is -2.00. The molecule has 0 unspecified atom stereocenters. The molecule has 0 aliphatic heterocycles. The van der Waals surface area contributed by atoms with Crippen LogP contribution < -0.4 is 5.73 Å². The van der Waals surface area contributed by atoms with Crippen molar-refractivity contribution in [3.8, 4) is 39.1 Å². The van der Waals surface area contributed by atoms with Crippen LogP contribution in [-0.2, 0) is 0 Å². The average Bonchev–Trinajstić information content (AvgIpc) is 3.52. The fourth-order valence-electron chi connectivity index (χ4n) is 7.29. The summed E-state index contributed by atoms with van der Waals surface area (Å²) in [5, 5.41) is 8.73. The van der Waals surface area contributed by atoms with Crippen LogP contribution in [0.15, 0.2) is 128 Å². The van der Waals surface area contributed by atoms with Gasteiger partial charge in [-0.15, -0.1) is 0 Å². The second kappa shape index (κ2) is 8.91. The molecule has 43 heavy (non-hydrogen) atoms. The summed E-state index contributed by atoms with van der Waals surface area (Å²) in [6, 6.07) is 39.8. The van der Waals surface area contributed by atoms with E-state index in [0.717, 1.165) is 16.9 Å². The monoisotopic (exact) mass is 549 g/mol. The lowest BCUT2D eigenvalue weighted by Gasteiger charge is -2.14. The molecule has 2 aromatic heterocycles. The lowest BCUT2D eigenvalue weighted by molar-refractivity contribution is 1.08. The van der Waals surface area contributed by atoms with Gasteiger partial charge in [0.15, 0.2) is 0 Å². The maximum atomic E-state index is 5.99. The summed E-state index contributed by atoms with van der Waals surface area (Å²) in [6.07, 6.45) is 7.56. The number of aryl methyl sites for hydroxylation is 1. The van der Waals surface area contributed by atoms with Crippen molar-refractivity contribution in [2.45, 2.75) is 6.92 Å². The Morgan fingerprint density at radius 2 is 1.33 bits per heavy atom. The summed E-state index contributed by atoms with van der Waals surface area (Å²) in [7, 11) is 0. The second-order valence-electron chi connectivity index (χ2n) is 11.5. The Bertz CT molecular complexity index is 2470. The van der Waals surface area contributed by atoms with Crippen molar-refractivity contribution in [2.75, 3.05) is 0 Å². The number of pyridine rings is 1. The summed E-state index contributed by atoms with van der Waals surface area (Å²) >= 11 is 0. The topological polar surface area (TPSA) is 43.8 Å². The Morgan fingerprint density at radius 1 is 0.605 bits per heavy atom. The third-order valence-corrected chi connectivity index (χ3v) is 9.20. The molecule has 3 heteroatoms. The average molecular weight is 550 g/mol. The van der Waals surface area contributed by atoms with Crippen LogP contribution in [0.25, 0.3) is 88.4 Å². The molecule has 0 fully saturated rings. The first kappa shape index (κ1) is 24.0. The minimum absolute atomic E-state index is 1.01. The van der Waals surface area contributed by atoms with Crippen molar-refractivity contribution in [2.24, 2.45) is 5.73 Å². The van der Waals surface area contributed by atoms with Gasteiger partial charge in [-0.3, -0.25) is 4.98 Å². The van der Waals surface area contributed by atoms with E-state index in [2.05, 4.69) is 121 Å². The molecule has 2 N–H and O–H groups in total. The largest absolute Gasteiger partial charge is 0.405 e. The normalized spacial score (nSPS) is 12.3. The minimum atomic E-state index is 1.01. The first-order valence-corrected chi connectivity index (χ1v) is 14.7. The van der Waals surface area contributed by atoms with Gasteiger partial charge in [0.05, 0.1) is 23.1 Å². The summed E-state index contributed by atoms with van der Waals surface area (Å²) in [5.41, 5.74) is 17.9. The third-order valence-electron chi connectivity index (χ3n) is 9.20. The van der Waals surface area contributed by atoms with E-state index >= 15 is 0 Å². The highest BCUT2D eigenvalue weighted by atomic mass is 15.0. The molecule has 3 nitrogen and oxygen atoms in total. The number of aromatic nitrogens is 2. The van der Waals surface area contributed by atoms with E-state index < -0.39 is 0 Å². The molecule has 202 valence electrons. The smallest absolute Gasteiger partial charge is 0.0651 e. The van der Waals surface area contributed by atoms with Crippen LogP contribution in [0.5, 0.6) is 0 Å². The molecular formula is C40H27N3. The first-order chi connectivity index (χ1) is 21.2. The van der Waals surface area contributed by atoms with E-state index in [-0.39, 0.29) is 0 Å². The molecule has 0 saturated heterocycles. The molecule has 9 rings (SSSR count). The van der Waals surface area contributed by atoms with E-state index in [9.17, 15) is 0 Å². The fraction of sp³-hybridized carbons (Fsp3) is 0.0250. The van der Waals surface area contributed by atoms with Crippen LogP contribution in [0, 0.1) is 6.92 Å². The van der Waals surface area contributed by atoms with Gasteiger partial charge in [0.1, 0.15) is 0 Å². The summed E-state index contributed by atoms with van der Waals surface area (Å²) in [5.74, 6) is 0. The molecule has 8 aromatic rings. The van der Waals surface area contributed by atoms with Gasteiger partial charge in [0.25, 0.3) is 0 Å². The fourth-order valence-corrected chi connectivity index (χ4v) is 7.29. The van der Waals surface area contributed by atoms with Gasteiger partial charge in [-0.25, -0.2) is 0 Å². The summed E-state index contributed by atoms with van der Waals surface area (Å²) in [4.78, 5) is 4.80. The molecule has 1 aliphatic rings. The van der Waals surface area contributed by atoms with Gasteiger partial charge in [0, 0.05) is 22.5 Å². The Hall–Kier alpha value is -5.67. The number of nitrogens with two attached hydrogens (primary N) is 1. The zero-order chi connectivity index (χ0) is 28.7. The highest BCUT2D eigenvalue weighted by Gasteiger charge is 2.23. The molecule has 0 radical (unpaired) electrons. The lowest BCUT2D eigenvalue weighted by atomic mass is 9.93. The zero-order valence-electron chi connectivity index (χ0n) is 23.7. The van der Waals surface area contributed by atoms with E-state index in [1.54, 1.807) is 6.20 Å². The van der Waals surface area contributed by atoms with Crippen LogP contribution in [0.4, 0.5) is 0 Å². The molecule has 0 amide bonds. The summed E-state index contributed by atoms with van der Waals surface area (Å²) < 4.78 is 2.31. The van der Waals surface area contributed by atoms with Gasteiger partial charge < -0.3 is 10.3 Å². The van der Waals surface area contributed by atoms with Gasteiger partial charge in [-0.2, -0.15) is 0 Å². The van der Waals surface area contributed by atoms with E-state index in [1.807, 2.05) is 18.5 Å². The number of nitrogens with zero attached hydrogens (tertiary/aromatic N) is 2. The van der Waals surface area contributed by atoms with Gasteiger partial charge in [0.2, 0.25) is 0 Å². The molecule has 0 atom stereocenters. The molecule has 6 aromatic carbocycles. The van der Waals surface area contributed by atoms with Crippen molar-refractivity contribution < 1.29 is 0 Å². The number of hydrogen-bond acceptors (Lipinski definition) is 2. The van der Waals surface area contributed by atoms with E-state index in [4.69, 9.17) is 10.7 Å². The molecular weight excluding hydrogens is 522 g/mol. The van der Waals surface area contributed by atoms with Crippen LogP contribution in [0.3, 0.4) is 0 Å². The molecule has 1 aliphatic carbocycles. The van der Waals surface area contributed by atoms with Crippen molar-refractivity contribution in [1.82, 2.24) is 9.55 Å². The highest BCUT2D eigenvalue weighted by molar-refractivity contribution is 6.18. The molecule has 0 spiro atoms. The van der Waals surface area contributed by atoms with Crippen LogP contribution in [0.1, 0.15) is 11.3 Å². The maximum Gasteiger partial charge on any atom is 0.0651 e. The number of benzene rings is 6. The maximum absolute atomic E-state index is 5.99. The molecule has 0 saturated carbocycles. The van der Waals surface area contributed by atoms with Gasteiger partial charge in [-0.05, 0) is 97.7 Å². The van der Waals surface area contributed by atoms with Crippen molar-refractivity contribution >= 4 is 49.3 Å². The number of rotatable bonds is 3. The van der Waals surface area contributed by atoms with Crippen LogP contribution in [0.2, 0.25) is 0 Å². The Labute approximate surface area is 249 Å². The van der Waals surface area contributed by atoms with Crippen LogP contribution >= 0.6 is 0 Å². The van der Waals surface area contributed by atoms with Crippen molar-refractivity contribution in [3.05, 3.63) is 139 Å². The number of hydrogen-bond donors (Lipinski definition) is 1. The predicted molar refractivity (Wildman–Crippen MR) is 181 cm³/mol. The second-order valence-corrected chi connectivity index (χ2v) is 11.5. The van der Waals surface area contributed by atoms with E-state index in [1.165, 1.54) is 76.6 Å². The van der Waals surface area contributed by atoms with Gasteiger partial charge in [-0.1, -0.05) is 91.0 Å². The quantitative estimate of drug-likeness (QED) is 0.238. The Balaban J connectivity index is 1.29. The summed E-state index contributed by atoms with van der Waals surface area (Å²) in [6.45, 7) is 2.17. The highest BCUT2D eigenvalue weighted by Crippen LogP contribution is 2.49. The first-order valence-electron chi connectivity index (χ1n) is 14.7. The predicted octanol–water partition coefficient (Wildman–Crippen LogP) is 10.0. The third kappa shape index (κ3) is 3.33. The SMILES string of the molecule is Cc1c(/C=C\N)n(-c2cncc(-c3cccc4cc5c(cc34)-c3cccc4cccc-5c34)c2)c2c1ccc1ccccc12. The Morgan fingerprint density at radius 3 is 2.14 bits per heavy atom. The number of fused-ring (bicyclic) bond motifs is 7. The molecule has 0 bridgehead atoms. The van der Waals surface area contributed by atoms with Crippen molar-refractivity contribution in [3.63, 3.8) is 0 Å².